The first kappa shape index (κ1) is 9.22. The van der Waals surface area contributed by atoms with Crippen LogP contribution in [0.1, 0.15) is 16.7 Å². The molecule has 0 saturated carbocycles. The van der Waals surface area contributed by atoms with E-state index in [2.05, 4.69) is 38.2 Å². The van der Waals surface area contributed by atoms with Crippen LogP contribution in [0.2, 0.25) is 0 Å². The number of aryl methyl sites for hydroxylation is 1. The fourth-order valence-electron chi connectivity index (χ4n) is 1.12. The van der Waals surface area contributed by atoms with Gasteiger partial charge in [-0.05, 0) is 43.4 Å². The zero-order valence-corrected chi connectivity index (χ0v) is 8.46. The largest absolute Gasteiger partial charge is 0.129 e. The average molecular weight is 176 g/mol. The molecule has 0 amide bonds. The van der Waals surface area contributed by atoms with Crippen molar-refractivity contribution in [2.24, 2.45) is 0 Å². The zero-order valence-electron chi connectivity index (χ0n) is 7.64. The Hall–Kier alpha value is -0.870. The Labute approximate surface area is 78.4 Å². The summed E-state index contributed by atoms with van der Waals surface area (Å²) in [5.74, 6) is 2.66. The molecular formula is C11H12S. The van der Waals surface area contributed by atoms with Gasteiger partial charge in [0.2, 0.25) is 0 Å². The van der Waals surface area contributed by atoms with Crippen LogP contribution in [-0.2, 0) is 0 Å². The lowest BCUT2D eigenvalue weighted by Crippen LogP contribution is -1.87. The minimum atomic E-state index is 0.974. The van der Waals surface area contributed by atoms with Crippen molar-refractivity contribution in [3.63, 3.8) is 0 Å². The third-order valence-electron chi connectivity index (χ3n) is 2.01. The Bertz CT molecular complexity index is 332. The Morgan fingerprint density at radius 1 is 1.33 bits per heavy atom. The summed E-state index contributed by atoms with van der Waals surface area (Å²) in [5, 5.41) is 0. The van der Waals surface area contributed by atoms with E-state index in [9.17, 15) is 0 Å². The quantitative estimate of drug-likeness (QED) is 0.468. The summed E-state index contributed by atoms with van der Waals surface area (Å²) in [6.07, 6.45) is 7.40. The average Bonchev–Trinajstić information content (AvgIpc) is 2.09. The van der Waals surface area contributed by atoms with Crippen LogP contribution in [0.5, 0.6) is 0 Å². The standard InChI is InChI=1S/C11H12S/c1-5-10-6-8(2)9(3)11(7-10)12-4/h1,6-7H,2-4H3. The van der Waals surface area contributed by atoms with Gasteiger partial charge in [0.05, 0.1) is 0 Å². The first-order chi connectivity index (χ1) is 5.69. The molecule has 0 aromatic heterocycles. The van der Waals surface area contributed by atoms with Gasteiger partial charge >= 0.3 is 0 Å². The lowest BCUT2D eigenvalue weighted by molar-refractivity contribution is 1.22. The maximum Gasteiger partial charge on any atom is 0.0256 e. The highest BCUT2D eigenvalue weighted by Gasteiger charge is 2.01. The fraction of sp³-hybridized carbons (Fsp3) is 0.273. The van der Waals surface area contributed by atoms with E-state index in [0.29, 0.717) is 0 Å². The Kier molecular flexibility index (Phi) is 2.83. The summed E-state index contributed by atoms with van der Waals surface area (Å²) in [7, 11) is 0. The van der Waals surface area contributed by atoms with Crippen LogP contribution in [0.4, 0.5) is 0 Å². The van der Waals surface area contributed by atoms with E-state index in [0.717, 1.165) is 5.56 Å². The highest BCUT2D eigenvalue weighted by molar-refractivity contribution is 7.98. The van der Waals surface area contributed by atoms with Crippen molar-refractivity contribution in [1.82, 2.24) is 0 Å². The summed E-state index contributed by atoms with van der Waals surface area (Å²) >= 11 is 1.74. The van der Waals surface area contributed by atoms with Crippen LogP contribution in [0, 0.1) is 26.2 Å². The molecule has 0 heterocycles. The first-order valence-corrected chi connectivity index (χ1v) is 5.03. The van der Waals surface area contributed by atoms with Gasteiger partial charge in [0.25, 0.3) is 0 Å². The van der Waals surface area contributed by atoms with Crippen LogP contribution < -0.4 is 0 Å². The number of thioether (sulfide) groups is 1. The molecule has 0 aliphatic carbocycles. The predicted molar refractivity (Wildman–Crippen MR) is 55.6 cm³/mol. The molecular weight excluding hydrogens is 164 g/mol. The Balaban J connectivity index is 3.31. The van der Waals surface area contributed by atoms with E-state index in [-0.39, 0.29) is 0 Å². The lowest BCUT2D eigenvalue weighted by atomic mass is 10.1. The summed E-state index contributed by atoms with van der Waals surface area (Å²) in [6, 6.07) is 4.11. The zero-order chi connectivity index (χ0) is 9.14. The van der Waals surface area contributed by atoms with Crippen molar-refractivity contribution in [3.05, 3.63) is 28.8 Å². The number of benzene rings is 1. The van der Waals surface area contributed by atoms with Crippen LogP contribution in [0.25, 0.3) is 0 Å². The van der Waals surface area contributed by atoms with Gasteiger partial charge in [-0.15, -0.1) is 18.2 Å². The third-order valence-corrected chi connectivity index (χ3v) is 2.87. The third kappa shape index (κ3) is 1.65. The van der Waals surface area contributed by atoms with E-state index in [1.807, 2.05) is 0 Å². The van der Waals surface area contributed by atoms with Crippen LogP contribution in [0.3, 0.4) is 0 Å². The molecule has 0 fully saturated rings. The van der Waals surface area contributed by atoms with E-state index >= 15 is 0 Å². The summed E-state index contributed by atoms with van der Waals surface area (Å²) < 4.78 is 0. The van der Waals surface area contributed by atoms with Crippen LogP contribution in [-0.4, -0.2) is 6.26 Å². The van der Waals surface area contributed by atoms with E-state index in [4.69, 9.17) is 6.42 Å². The lowest BCUT2D eigenvalue weighted by Gasteiger charge is -2.06. The molecule has 1 aromatic carbocycles. The van der Waals surface area contributed by atoms with E-state index in [1.54, 1.807) is 11.8 Å². The molecule has 0 aliphatic heterocycles. The van der Waals surface area contributed by atoms with Gasteiger partial charge in [0, 0.05) is 10.5 Å². The first-order valence-electron chi connectivity index (χ1n) is 3.81. The van der Waals surface area contributed by atoms with Gasteiger partial charge in [-0.25, -0.2) is 0 Å². The molecule has 0 atom stereocenters. The Morgan fingerprint density at radius 2 is 2.00 bits per heavy atom. The number of rotatable bonds is 1. The van der Waals surface area contributed by atoms with Gasteiger partial charge in [-0.3, -0.25) is 0 Å². The molecule has 0 bridgehead atoms. The van der Waals surface area contributed by atoms with Crippen molar-refractivity contribution in [1.29, 1.82) is 0 Å². The van der Waals surface area contributed by atoms with Gasteiger partial charge in [-0.1, -0.05) is 5.92 Å². The number of terminal acetylenes is 1. The smallest absolute Gasteiger partial charge is 0.0256 e. The van der Waals surface area contributed by atoms with Gasteiger partial charge in [-0.2, -0.15) is 0 Å². The number of hydrogen-bond donors (Lipinski definition) is 0. The molecule has 0 spiro atoms. The second-order valence-electron chi connectivity index (χ2n) is 2.76. The molecule has 0 N–H and O–H groups in total. The summed E-state index contributed by atoms with van der Waals surface area (Å²) in [5.41, 5.74) is 3.58. The molecule has 0 radical (unpaired) electrons. The monoisotopic (exact) mass is 176 g/mol. The summed E-state index contributed by atoms with van der Waals surface area (Å²) in [6.45, 7) is 4.22. The SMILES string of the molecule is C#Cc1cc(C)c(C)c(SC)c1. The van der Waals surface area contributed by atoms with Crippen molar-refractivity contribution < 1.29 is 0 Å². The molecule has 1 rings (SSSR count). The fourth-order valence-corrected chi connectivity index (χ4v) is 1.83. The minimum Gasteiger partial charge on any atom is -0.129 e. The number of hydrogen-bond acceptors (Lipinski definition) is 1. The molecule has 0 unspecified atom stereocenters. The topological polar surface area (TPSA) is 0 Å². The molecule has 1 aromatic rings. The second-order valence-corrected chi connectivity index (χ2v) is 3.61. The molecule has 12 heavy (non-hydrogen) atoms. The molecule has 1 heteroatoms. The van der Waals surface area contributed by atoms with E-state index in [1.165, 1.54) is 16.0 Å². The predicted octanol–water partition coefficient (Wildman–Crippen LogP) is 3.01. The van der Waals surface area contributed by atoms with Crippen molar-refractivity contribution in [2.75, 3.05) is 6.26 Å². The van der Waals surface area contributed by atoms with Crippen molar-refractivity contribution in [2.45, 2.75) is 18.7 Å². The summed E-state index contributed by atoms with van der Waals surface area (Å²) in [4.78, 5) is 1.28. The molecule has 0 nitrogen and oxygen atoms in total. The van der Waals surface area contributed by atoms with Gasteiger partial charge in [0.1, 0.15) is 0 Å². The minimum absolute atomic E-state index is 0.974. The Morgan fingerprint density at radius 3 is 2.50 bits per heavy atom. The maximum atomic E-state index is 5.33. The van der Waals surface area contributed by atoms with Crippen molar-refractivity contribution in [3.8, 4) is 12.3 Å². The normalized spacial score (nSPS) is 9.50. The highest BCUT2D eigenvalue weighted by atomic mass is 32.2. The van der Waals surface area contributed by atoms with E-state index < -0.39 is 0 Å². The molecule has 0 saturated heterocycles. The molecule has 62 valence electrons. The van der Waals surface area contributed by atoms with Gasteiger partial charge in [0.15, 0.2) is 0 Å². The van der Waals surface area contributed by atoms with Crippen LogP contribution in [0.15, 0.2) is 17.0 Å². The molecule has 0 aliphatic rings. The highest BCUT2D eigenvalue weighted by Crippen LogP contribution is 2.23. The maximum absolute atomic E-state index is 5.33. The second kappa shape index (κ2) is 3.69. The van der Waals surface area contributed by atoms with Gasteiger partial charge < -0.3 is 0 Å². The van der Waals surface area contributed by atoms with Crippen molar-refractivity contribution >= 4 is 11.8 Å². The van der Waals surface area contributed by atoms with Crippen LogP contribution >= 0.6 is 11.8 Å².